The Morgan fingerprint density at radius 2 is 1.94 bits per heavy atom. The second-order valence-electron chi connectivity index (χ2n) is 6.04. The van der Waals surface area contributed by atoms with Crippen LogP contribution >= 0.6 is 0 Å². The molecule has 0 fully saturated rings. The minimum absolute atomic E-state index is 0.275. The molecule has 16 heavy (non-hydrogen) atoms. The summed E-state index contributed by atoms with van der Waals surface area (Å²) in [5, 5.41) is 0.275. The molecule has 0 aromatic rings. The van der Waals surface area contributed by atoms with E-state index in [4.69, 9.17) is 10.8 Å². The van der Waals surface area contributed by atoms with Crippen LogP contribution in [0.1, 0.15) is 34.6 Å². The van der Waals surface area contributed by atoms with Gasteiger partial charge in [-0.25, -0.2) is 0 Å². The van der Waals surface area contributed by atoms with Gasteiger partial charge in [-0.3, -0.25) is 0 Å². The Bertz CT molecular complexity index is 289. The van der Waals surface area contributed by atoms with Crippen LogP contribution in [-0.2, 0) is 4.43 Å². The molecule has 0 amide bonds. The van der Waals surface area contributed by atoms with Crippen molar-refractivity contribution in [1.29, 1.82) is 0 Å². The van der Waals surface area contributed by atoms with Crippen molar-refractivity contribution in [2.75, 3.05) is 6.61 Å². The molecule has 0 spiro atoms. The SMILES string of the molecule is C#C/C(C)=C/[C@H](C)CO[Si](C)(C)C(C)(C)C. The minimum atomic E-state index is -1.61. The molecule has 2 heteroatoms. The lowest BCUT2D eigenvalue weighted by Gasteiger charge is -2.36. The van der Waals surface area contributed by atoms with E-state index in [9.17, 15) is 0 Å². The maximum Gasteiger partial charge on any atom is 0.192 e. The molecule has 0 aliphatic carbocycles. The van der Waals surface area contributed by atoms with Gasteiger partial charge in [-0.15, -0.1) is 6.42 Å². The fourth-order valence-electron chi connectivity index (χ4n) is 1.08. The maximum atomic E-state index is 6.13. The first kappa shape index (κ1) is 15.5. The predicted molar refractivity (Wildman–Crippen MR) is 74.9 cm³/mol. The second-order valence-corrected chi connectivity index (χ2v) is 10.9. The third kappa shape index (κ3) is 5.00. The van der Waals surface area contributed by atoms with Crippen LogP contribution in [0.3, 0.4) is 0 Å². The van der Waals surface area contributed by atoms with Crippen LogP contribution in [-0.4, -0.2) is 14.9 Å². The largest absolute Gasteiger partial charge is 0.416 e. The minimum Gasteiger partial charge on any atom is -0.416 e. The third-order valence-electron chi connectivity index (χ3n) is 3.28. The summed E-state index contributed by atoms with van der Waals surface area (Å²) in [6.07, 6.45) is 7.43. The van der Waals surface area contributed by atoms with E-state index in [1.807, 2.05) is 6.92 Å². The average molecular weight is 238 g/mol. The topological polar surface area (TPSA) is 9.23 Å². The smallest absolute Gasteiger partial charge is 0.192 e. The van der Waals surface area contributed by atoms with E-state index in [2.05, 4.69) is 52.8 Å². The second kappa shape index (κ2) is 5.70. The Labute approximate surface area is 102 Å². The van der Waals surface area contributed by atoms with Crippen molar-refractivity contribution in [3.05, 3.63) is 11.6 Å². The molecule has 1 atom stereocenters. The summed E-state index contributed by atoms with van der Waals surface area (Å²) in [4.78, 5) is 0. The van der Waals surface area contributed by atoms with Gasteiger partial charge >= 0.3 is 0 Å². The Morgan fingerprint density at radius 1 is 1.44 bits per heavy atom. The third-order valence-corrected chi connectivity index (χ3v) is 7.78. The molecule has 0 saturated heterocycles. The van der Waals surface area contributed by atoms with Gasteiger partial charge in [0.1, 0.15) is 0 Å². The zero-order valence-corrected chi connectivity index (χ0v) is 12.8. The van der Waals surface area contributed by atoms with Gasteiger partial charge < -0.3 is 4.43 Å². The summed E-state index contributed by atoms with van der Waals surface area (Å²) < 4.78 is 6.13. The van der Waals surface area contributed by atoms with Gasteiger partial charge in [0.15, 0.2) is 8.32 Å². The lowest BCUT2D eigenvalue weighted by molar-refractivity contribution is 0.259. The van der Waals surface area contributed by atoms with Gasteiger partial charge in [0, 0.05) is 6.61 Å². The fourth-order valence-corrected chi connectivity index (χ4v) is 2.19. The zero-order chi connectivity index (χ0) is 13.0. The normalized spacial score (nSPS) is 15.8. The van der Waals surface area contributed by atoms with E-state index in [1.165, 1.54) is 0 Å². The fraction of sp³-hybridized carbons (Fsp3) is 0.714. The summed E-state index contributed by atoms with van der Waals surface area (Å²) in [6, 6.07) is 0. The van der Waals surface area contributed by atoms with E-state index in [0.717, 1.165) is 12.2 Å². The van der Waals surface area contributed by atoms with E-state index < -0.39 is 8.32 Å². The van der Waals surface area contributed by atoms with Gasteiger partial charge in [-0.05, 0) is 36.5 Å². The van der Waals surface area contributed by atoms with Gasteiger partial charge in [0.25, 0.3) is 0 Å². The van der Waals surface area contributed by atoms with Gasteiger partial charge in [0.05, 0.1) is 0 Å². The molecular formula is C14H26OSi. The summed E-state index contributed by atoms with van der Waals surface area (Å²) >= 11 is 0. The molecule has 0 aliphatic rings. The molecule has 0 aromatic heterocycles. The van der Waals surface area contributed by atoms with E-state index in [0.29, 0.717) is 5.92 Å². The predicted octanol–water partition coefficient (Wildman–Crippen LogP) is 4.22. The number of allylic oxidation sites excluding steroid dienone is 1. The molecule has 0 bridgehead atoms. The number of rotatable bonds is 4. The molecule has 0 rings (SSSR count). The monoisotopic (exact) mass is 238 g/mol. The van der Waals surface area contributed by atoms with Crippen LogP contribution in [0.25, 0.3) is 0 Å². The molecule has 0 heterocycles. The highest BCUT2D eigenvalue weighted by molar-refractivity contribution is 6.74. The molecule has 0 N–H and O–H groups in total. The number of terminal acetylenes is 1. The molecule has 0 aliphatic heterocycles. The van der Waals surface area contributed by atoms with Crippen molar-refractivity contribution in [3.63, 3.8) is 0 Å². The van der Waals surface area contributed by atoms with Crippen LogP contribution < -0.4 is 0 Å². The van der Waals surface area contributed by atoms with E-state index >= 15 is 0 Å². The number of hydrogen-bond acceptors (Lipinski definition) is 1. The highest BCUT2D eigenvalue weighted by Crippen LogP contribution is 2.36. The van der Waals surface area contributed by atoms with Crippen molar-refractivity contribution in [2.45, 2.75) is 52.8 Å². The van der Waals surface area contributed by atoms with Crippen LogP contribution in [0.4, 0.5) is 0 Å². The standard InChI is InChI=1S/C14H26OSi/c1-9-12(2)10-13(3)11-15-16(7,8)14(4,5)6/h1,10,13H,11H2,2-8H3/b12-10+/t13-/m0/s1. The lowest BCUT2D eigenvalue weighted by atomic mass is 10.1. The molecular weight excluding hydrogens is 212 g/mol. The molecule has 92 valence electrons. The lowest BCUT2D eigenvalue weighted by Crippen LogP contribution is -2.41. The maximum absolute atomic E-state index is 6.13. The Hall–Kier alpha value is -0.523. The summed E-state index contributed by atoms with van der Waals surface area (Å²) in [5.74, 6) is 3.03. The molecule has 0 aromatic carbocycles. The van der Waals surface area contributed by atoms with E-state index in [1.54, 1.807) is 0 Å². The molecule has 1 nitrogen and oxygen atoms in total. The van der Waals surface area contributed by atoms with Crippen molar-refractivity contribution in [1.82, 2.24) is 0 Å². The van der Waals surface area contributed by atoms with Crippen LogP contribution in [0.15, 0.2) is 11.6 Å². The molecule has 0 radical (unpaired) electrons. The van der Waals surface area contributed by atoms with Crippen LogP contribution in [0.2, 0.25) is 18.1 Å². The Kier molecular flexibility index (Phi) is 5.51. The summed E-state index contributed by atoms with van der Waals surface area (Å²) in [7, 11) is -1.61. The van der Waals surface area contributed by atoms with Gasteiger partial charge in [-0.1, -0.05) is 39.7 Å². The molecule has 0 unspecified atom stereocenters. The van der Waals surface area contributed by atoms with Gasteiger partial charge in [-0.2, -0.15) is 0 Å². The highest BCUT2D eigenvalue weighted by Gasteiger charge is 2.37. The number of hydrogen-bond donors (Lipinski definition) is 0. The molecule has 0 saturated carbocycles. The van der Waals surface area contributed by atoms with Crippen LogP contribution in [0.5, 0.6) is 0 Å². The van der Waals surface area contributed by atoms with Crippen molar-refractivity contribution >= 4 is 8.32 Å². The van der Waals surface area contributed by atoms with E-state index in [-0.39, 0.29) is 5.04 Å². The zero-order valence-electron chi connectivity index (χ0n) is 11.8. The van der Waals surface area contributed by atoms with Crippen molar-refractivity contribution in [2.24, 2.45) is 5.92 Å². The quantitative estimate of drug-likeness (QED) is 0.526. The Morgan fingerprint density at radius 3 is 2.31 bits per heavy atom. The van der Waals surface area contributed by atoms with Crippen LogP contribution in [0, 0.1) is 18.3 Å². The van der Waals surface area contributed by atoms with Gasteiger partial charge in [0.2, 0.25) is 0 Å². The highest BCUT2D eigenvalue weighted by atomic mass is 28.4. The average Bonchev–Trinajstić information content (AvgIpc) is 2.13. The Balaban J connectivity index is 4.33. The first-order valence-electron chi connectivity index (χ1n) is 5.89. The first-order valence-corrected chi connectivity index (χ1v) is 8.80. The summed E-state index contributed by atoms with van der Waals surface area (Å²) in [5.41, 5.74) is 0.992. The first-order chi connectivity index (χ1) is 7.10. The van der Waals surface area contributed by atoms with Crippen molar-refractivity contribution < 1.29 is 4.43 Å². The van der Waals surface area contributed by atoms with Crippen molar-refractivity contribution in [3.8, 4) is 12.3 Å². The summed E-state index contributed by atoms with van der Waals surface area (Å²) in [6.45, 7) is 16.2.